The van der Waals surface area contributed by atoms with Gasteiger partial charge in [0.05, 0.1) is 22.1 Å². The molecule has 6 rings (SSSR count). The van der Waals surface area contributed by atoms with E-state index in [-0.39, 0.29) is 0 Å². The lowest BCUT2D eigenvalue weighted by Gasteiger charge is -2.19. The number of fused-ring (bicyclic) bond motifs is 8. The van der Waals surface area contributed by atoms with Gasteiger partial charge in [-0.3, -0.25) is 0 Å². The number of aromatic nitrogens is 3. The molecule has 0 unspecified atom stereocenters. The molecule has 164 valence electrons. The number of imidazole rings is 1. The highest BCUT2D eigenvalue weighted by Crippen LogP contribution is 2.40. The van der Waals surface area contributed by atoms with E-state index in [1.165, 1.54) is 49.5 Å². The molecule has 0 N–H and O–H groups in total. The maximum atomic E-state index is 5.37. The van der Waals surface area contributed by atoms with Gasteiger partial charge in [0.2, 0.25) is 0 Å². The summed E-state index contributed by atoms with van der Waals surface area (Å²) in [5, 5.41) is 2.44. The largest absolute Gasteiger partial charge is 0.325 e. The van der Waals surface area contributed by atoms with E-state index in [0.717, 1.165) is 11.3 Å². The number of rotatable bonds is 3. The number of benzene rings is 3. The first kappa shape index (κ1) is 20.0. The molecule has 3 heteroatoms. The number of pyridine rings is 1. The van der Waals surface area contributed by atoms with Gasteiger partial charge in [-0.1, -0.05) is 82.3 Å². The Morgan fingerprint density at radius 3 is 2.03 bits per heavy atom. The van der Waals surface area contributed by atoms with Crippen LogP contribution in [0.1, 0.15) is 50.7 Å². The standard InChI is InChI=1S/C30H29N3/c1-18(2)21-13-10-14-22(19(3)4)27(21)30-31-28-23-12-7-9-16-25(23)33-24-15-8-6-11-20(24)17-26(33)29(28)32(30)5/h6-19H,1-5H3. The van der Waals surface area contributed by atoms with Crippen molar-refractivity contribution in [2.45, 2.75) is 39.5 Å². The molecule has 0 bridgehead atoms. The van der Waals surface area contributed by atoms with Crippen molar-refractivity contribution in [3.05, 3.63) is 83.9 Å². The van der Waals surface area contributed by atoms with Crippen LogP contribution >= 0.6 is 0 Å². The van der Waals surface area contributed by atoms with Crippen molar-refractivity contribution >= 4 is 38.4 Å². The Kier molecular flexibility index (Phi) is 4.38. The lowest BCUT2D eigenvalue weighted by atomic mass is 9.88. The summed E-state index contributed by atoms with van der Waals surface area (Å²) in [7, 11) is 2.18. The van der Waals surface area contributed by atoms with Crippen molar-refractivity contribution in [3.8, 4) is 11.4 Å². The van der Waals surface area contributed by atoms with E-state index >= 15 is 0 Å². The molecule has 0 atom stereocenters. The van der Waals surface area contributed by atoms with Gasteiger partial charge in [-0.15, -0.1) is 0 Å². The smallest absolute Gasteiger partial charge is 0.141 e. The van der Waals surface area contributed by atoms with Crippen LogP contribution in [0.3, 0.4) is 0 Å². The first-order chi connectivity index (χ1) is 16.0. The normalized spacial score (nSPS) is 12.3. The molecule has 0 amide bonds. The molecule has 0 aliphatic carbocycles. The number of nitrogens with zero attached hydrogens (tertiary/aromatic N) is 3. The lowest BCUT2D eigenvalue weighted by molar-refractivity contribution is 0.828. The van der Waals surface area contributed by atoms with Gasteiger partial charge in [0.25, 0.3) is 0 Å². The molecule has 3 nitrogen and oxygen atoms in total. The van der Waals surface area contributed by atoms with E-state index in [1.54, 1.807) is 0 Å². The fraction of sp³-hybridized carbons (Fsp3) is 0.233. The Morgan fingerprint density at radius 1 is 0.697 bits per heavy atom. The van der Waals surface area contributed by atoms with Gasteiger partial charge in [-0.05, 0) is 41.2 Å². The molecule has 0 saturated carbocycles. The van der Waals surface area contributed by atoms with Crippen LogP contribution in [-0.4, -0.2) is 14.0 Å². The second kappa shape index (κ2) is 7.21. The molecule has 0 radical (unpaired) electrons. The monoisotopic (exact) mass is 431 g/mol. The van der Waals surface area contributed by atoms with Crippen molar-refractivity contribution in [1.29, 1.82) is 0 Å². The van der Waals surface area contributed by atoms with Crippen molar-refractivity contribution in [3.63, 3.8) is 0 Å². The molecule has 3 heterocycles. The predicted octanol–water partition coefficient (Wildman–Crippen LogP) is 8.05. The van der Waals surface area contributed by atoms with Crippen LogP contribution < -0.4 is 0 Å². The molecule has 33 heavy (non-hydrogen) atoms. The van der Waals surface area contributed by atoms with Crippen LogP contribution in [0.15, 0.2) is 72.8 Å². The SMILES string of the molecule is CC(C)c1cccc(C(C)C)c1-c1nc2c3ccccc3n3c4ccccc4cc3c2n1C. The first-order valence-corrected chi connectivity index (χ1v) is 11.9. The number of para-hydroxylation sites is 2. The van der Waals surface area contributed by atoms with Gasteiger partial charge in [-0.2, -0.15) is 0 Å². The van der Waals surface area contributed by atoms with Gasteiger partial charge in [-0.25, -0.2) is 4.98 Å². The third kappa shape index (κ3) is 2.78. The highest BCUT2D eigenvalue weighted by Gasteiger charge is 2.23. The fourth-order valence-electron chi connectivity index (χ4n) is 5.47. The summed E-state index contributed by atoms with van der Waals surface area (Å²) in [5.41, 5.74) is 9.92. The Balaban J connectivity index is 1.84. The zero-order chi connectivity index (χ0) is 22.9. The average Bonchev–Trinajstić information content (AvgIpc) is 3.36. The summed E-state index contributed by atoms with van der Waals surface area (Å²) >= 11 is 0. The first-order valence-electron chi connectivity index (χ1n) is 11.9. The number of aryl methyl sites for hydroxylation is 1. The predicted molar refractivity (Wildman–Crippen MR) is 140 cm³/mol. The number of hydrogen-bond donors (Lipinski definition) is 0. The van der Waals surface area contributed by atoms with Crippen LogP contribution in [-0.2, 0) is 7.05 Å². The summed E-state index contributed by atoms with van der Waals surface area (Å²) in [5.74, 6) is 1.90. The minimum absolute atomic E-state index is 0.422. The average molecular weight is 432 g/mol. The van der Waals surface area contributed by atoms with E-state index in [0.29, 0.717) is 11.8 Å². The van der Waals surface area contributed by atoms with E-state index in [4.69, 9.17) is 4.98 Å². The second-order valence-corrected chi connectivity index (χ2v) is 9.75. The Bertz CT molecular complexity index is 1650. The summed E-state index contributed by atoms with van der Waals surface area (Å²) in [6.45, 7) is 9.11. The van der Waals surface area contributed by atoms with E-state index in [2.05, 4.69) is 117 Å². The Morgan fingerprint density at radius 2 is 1.33 bits per heavy atom. The van der Waals surface area contributed by atoms with E-state index in [1.807, 2.05) is 0 Å². The number of hydrogen-bond acceptors (Lipinski definition) is 1. The van der Waals surface area contributed by atoms with Gasteiger partial charge in [0.15, 0.2) is 0 Å². The Hall–Kier alpha value is -3.59. The highest BCUT2D eigenvalue weighted by molar-refractivity contribution is 6.13. The van der Waals surface area contributed by atoms with Crippen molar-refractivity contribution < 1.29 is 0 Å². The van der Waals surface area contributed by atoms with Crippen LogP contribution in [0.25, 0.3) is 49.7 Å². The molecule has 0 saturated heterocycles. The second-order valence-electron chi connectivity index (χ2n) is 9.75. The molecule has 0 aliphatic heterocycles. The molecule has 0 fully saturated rings. The van der Waals surface area contributed by atoms with Crippen LogP contribution in [0.5, 0.6) is 0 Å². The maximum Gasteiger partial charge on any atom is 0.141 e. The van der Waals surface area contributed by atoms with Crippen LogP contribution in [0.4, 0.5) is 0 Å². The van der Waals surface area contributed by atoms with E-state index in [9.17, 15) is 0 Å². The van der Waals surface area contributed by atoms with Crippen molar-refractivity contribution in [2.75, 3.05) is 0 Å². The summed E-state index contributed by atoms with van der Waals surface area (Å²) in [6.07, 6.45) is 0. The molecule has 0 spiro atoms. The lowest BCUT2D eigenvalue weighted by Crippen LogP contribution is -2.04. The quantitative estimate of drug-likeness (QED) is 0.278. The minimum Gasteiger partial charge on any atom is -0.325 e. The van der Waals surface area contributed by atoms with Gasteiger partial charge >= 0.3 is 0 Å². The molecule has 6 aromatic rings. The van der Waals surface area contributed by atoms with Crippen LogP contribution in [0.2, 0.25) is 0 Å². The summed E-state index contributed by atoms with van der Waals surface area (Å²) < 4.78 is 4.72. The van der Waals surface area contributed by atoms with Crippen LogP contribution in [0, 0.1) is 0 Å². The maximum absolute atomic E-state index is 5.37. The molecular formula is C30H29N3. The summed E-state index contributed by atoms with van der Waals surface area (Å²) in [4.78, 5) is 5.37. The topological polar surface area (TPSA) is 22.2 Å². The third-order valence-corrected chi connectivity index (χ3v) is 7.05. The van der Waals surface area contributed by atoms with Gasteiger partial charge in [0.1, 0.15) is 11.3 Å². The van der Waals surface area contributed by atoms with Gasteiger partial charge < -0.3 is 8.97 Å². The molecular weight excluding hydrogens is 402 g/mol. The zero-order valence-corrected chi connectivity index (χ0v) is 19.9. The summed E-state index contributed by atoms with van der Waals surface area (Å²) in [6, 6.07) is 26.4. The Labute approximate surface area is 194 Å². The minimum atomic E-state index is 0.422. The van der Waals surface area contributed by atoms with Gasteiger partial charge in [0, 0.05) is 23.4 Å². The van der Waals surface area contributed by atoms with E-state index < -0.39 is 0 Å². The zero-order valence-electron chi connectivity index (χ0n) is 19.9. The van der Waals surface area contributed by atoms with Crippen molar-refractivity contribution in [2.24, 2.45) is 7.05 Å². The van der Waals surface area contributed by atoms with Crippen molar-refractivity contribution in [1.82, 2.24) is 14.0 Å². The molecule has 3 aromatic heterocycles. The fourth-order valence-corrected chi connectivity index (χ4v) is 5.47. The molecule has 3 aromatic carbocycles. The third-order valence-electron chi connectivity index (χ3n) is 7.05. The molecule has 0 aliphatic rings. The highest BCUT2D eigenvalue weighted by atomic mass is 15.1.